The van der Waals surface area contributed by atoms with Crippen LogP contribution in [0.25, 0.3) is 0 Å². The lowest BCUT2D eigenvalue weighted by atomic mass is 10.2. The number of carbonyl (C=O) groups is 1. The van der Waals surface area contributed by atoms with Gasteiger partial charge in [-0.05, 0) is 24.6 Å². The lowest BCUT2D eigenvalue weighted by molar-refractivity contribution is 0.0707. The molecule has 0 bridgehead atoms. The van der Waals surface area contributed by atoms with Crippen molar-refractivity contribution >= 4 is 5.91 Å². The fourth-order valence-electron chi connectivity index (χ4n) is 3.30. The van der Waals surface area contributed by atoms with Gasteiger partial charge in [-0.1, -0.05) is 0 Å². The molecule has 0 aromatic carbocycles. The Morgan fingerprint density at radius 2 is 2.19 bits per heavy atom. The van der Waals surface area contributed by atoms with Gasteiger partial charge in [0.2, 0.25) is 0 Å². The molecular formula is C18H21N5O4. The van der Waals surface area contributed by atoms with E-state index in [1.165, 1.54) is 7.11 Å². The highest BCUT2D eigenvalue weighted by atomic mass is 16.6. The van der Waals surface area contributed by atoms with Crippen LogP contribution in [0.3, 0.4) is 0 Å². The smallest absolute Gasteiger partial charge is 0.290 e. The molecule has 142 valence electrons. The van der Waals surface area contributed by atoms with E-state index in [1.54, 1.807) is 41.0 Å². The van der Waals surface area contributed by atoms with E-state index >= 15 is 0 Å². The first-order chi connectivity index (χ1) is 13.1. The summed E-state index contributed by atoms with van der Waals surface area (Å²) in [5.74, 6) is 0.358. The number of rotatable bonds is 4. The number of hydrogen-bond acceptors (Lipinski definition) is 6. The monoisotopic (exact) mass is 371 g/mol. The molecule has 1 aliphatic heterocycles. The third-order valence-electron chi connectivity index (χ3n) is 4.73. The molecular weight excluding hydrogens is 350 g/mol. The van der Waals surface area contributed by atoms with Gasteiger partial charge in [-0.2, -0.15) is 10.2 Å². The van der Waals surface area contributed by atoms with Crippen LogP contribution in [0.4, 0.5) is 0 Å². The number of aryl methyl sites for hydroxylation is 2. The molecule has 1 amide bonds. The van der Waals surface area contributed by atoms with Gasteiger partial charge in [0.1, 0.15) is 6.10 Å². The predicted molar refractivity (Wildman–Crippen MR) is 94.1 cm³/mol. The first-order valence-corrected chi connectivity index (χ1v) is 8.72. The van der Waals surface area contributed by atoms with Gasteiger partial charge in [0.15, 0.2) is 5.76 Å². The topological polar surface area (TPSA) is 98.5 Å². The minimum Gasteiger partial charge on any atom is -0.468 e. The lowest BCUT2D eigenvalue weighted by Crippen LogP contribution is -2.30. The Morgan fingerprint density at radius 3 is 2.89 bits per heavy atom. The van der Waals surface area contributed by atoms with E-state index in [0.29, 0.717) is 37.0 Å². The predicted octanol–water partition coefficient (Wildman–Crippen LogP) is 1.35. The molecule has 3 aromatic heterocycles. The highest BCUT2D eigenvalue weighted by molar-refractivity contribution is 5.91. The Hall–Kier alpha value is -3.07. The molecule has 4 heterocycles. The summed E-state index contributed by atoms with van der Waals surface area (Å²) in [6, 6.07) is 6.83. The normalized spacial score (nSPS) is 15.3. The maximum atomic E-state index is 12.7. The first-order valence-electron chi connectivity index (χ1n) is 8.72. The van der Waals surface area contributed by atoms with Crippen LogP contribution >= 0.6 is 0 Å². The van der Waals surface area contributed by atoms with E-state index in [2.05, 4.69) is 10.2 Å². The van der Waals surface area contributed by atoms with Gasteiger partial charge in [-0.25, -0.2) is 0 Å². The zero-order chi connectivity index (χ0) is 19.0. The van der Waals surface area contributed by atoms with Crippen LogP contribution in [-0.4, -0.2) is 49.1 Å². The van der Waals surface area contributed by atoms with Crippen LogP contribution < -0.4 is 4.74 Å². The van der Waals surface area contributed by atoms with E-state index in [4.69, 9.17) is 9.15 Å². The van der Waals surface area contributed by atoms with Crippen LogP contribution in [0.1, 0.15) is 40.2 Å². The molecule has 3 aromatic rings. The SMILES string of the molecule is COc1ccc(C(=O)N2CCCn3nc(C(O)c4ccnn4C)cc3C2)o1. The van der Waals surface area contributed by atoms with Gasteiger partial charge in [0, 0.05) is 32.4 Å². The molecule has 0 fully saturated rings. The summed E-state index contributed by atoms with van der Waals surface area (Å²) in [7, 11) is 3.27. The van der Waals surface area contributed by atoms with E-state index in [0.717, 1.165) is 12.1 Å². The summed E-state index contributed by atoms with van der Waals surface area (Å²) < 4.78 is 13.9. The summed E-state index contributed by atoms with van der Waals surface area (Å²) in [6.07, 6.45) is 1.53. The van der Waals surface area contributed by atoms with Crippen molar-refractivity contribution in [3.63, 3.8) is 0 Å². The Morgan fingerprint density at radius 1 is 1.33 bits per heavy atom. The maximum Gasteiger partial charge on any atom is 0.290 e. The Kier molecular flexibility index (Phi) is 4.44. The van der Waals surface area contributed by atoms with Crippen LogP contribution in [0.15, 0.2) is 34.9 Å². The number of methoxy groups -OCH3 is 1. The van der Waals surface area contributed by atoms with Crippen molar-refractivity contribution in [1.82, 2.24) is 24.5 Å². The molecule has 1 atom stereocenters. The number of hydrogen-bond donors (Lipinski definition) is 1. The van der Waals surface area contributed by atoms with Crippen molar-refractivity contribution in [2.45, 2.75) is 25.6 Å². The molecule has 27 heavy (non-hydrogen) atoms. The summed E-state index contributed by atoms with van der Waals surface area (Å²) in [5.41, 5.74) is 2.08. The van der Waals surface area contributed by atoms with Gasteiger partial charge in [0.05, 0.1) is 30.7 Å². The number of carbonyl (C=O) groups excluding carboxylic acids is 1. The van der Waals surface area contributed by atoms with Crippen LogP contribution in [0.5, 0.6) is 5.95 Å². The molecule has 0 radical (unpaired) electrons. The van der Waals surface area contributed by atoms with E-state index in [9.17, 15) is 9.90 Å². The number of amides is 1. The quantitative estimate of drug-likeness (QED) is 0.743. The average Bonchev–Trinajstić information content (AvgIpc) is 3.38. The Balaban J connectivity index is 1.56. The zero-order valence-corrected chi connectivity index (χ0v) is 15.2. The largest absolute Gasteiger partial charge is 0.468 e. The molecule has 1 aliphatic rings. The van der Waals surface area contributed by atoms with Gasteiger partial charge in [-0.15, -0.1) is 0 Å². The van der Waals surface area contributed by atoms with Crippen LogP contribution in [0.2, 0.25) is 0 Å². The Labute approximate surface area is 155 Å². The van der Waals surface area contributed by atoms with Crippen molar-refractivity contribution in [1.29, 1.82) is 0 Å². The Bertz CT molecular complexity index is 957. The summed E-state index contributed by atoms with van der Waals surface area (Å²) in [4.78, 5) is 14.5. The van der Waals surface area contributed by atoms with Crippen LogP contribution in [0, 0.1) is 0 Å². The number of aliphatic hydroxyl groups is 1. The molecule has 0 spiro atoms. The van der Waals surface area contributed by atoms with Gasteiger partial charge < -0.3 is 19.2 Å². The fraction of sp³-hybridized carbons (Fsp3) is 0.389. The average molecular weight is 371 g/mol. The third kappa shape index (κ3) is 3.21. The molecule has 1 unspecified atom stereocenters. The van der Waals surface area contributed by atoms with Crippen molar-refractivity contribution in [3.05, 3.63) is 53.3 Å². The number of nitrogens with zero attached hydrogens (tertiary/aromatic N) is 5. The minimum absolute atomic E-state index is 0.193. The molecule has 9 heteroatoms. The number of furan rings is 1. The van der Waals surface area contributed by atoms with Crippen molar-refractivity contribution in [3.8, 4) is 5.95 Å². The second kappa shape index (κ2) is 6.92. The molecule has 9 nitrogen and oxygen atoms in total. The van der Waals surface area contributed by atoms with Crippen molar-refractivity contribution in [2.75, 3.05) is 13.7 Å². The zero-order valence-electron chi connectivity index (χ0n) is 15.2. The molecule has 0 aliphatic carbocycles. The maximum absolute atomic E-state index is 12.7. The lowest BCUT2D eigenvalue weighted by Gasteiger charge is -2.18. The number of fused-ring (bicyclic) bond motifs is 1. The second-order valence-corrected chi connectivity index (χ2v) is 6.47. The highest BCUT2D eigenvalue weighted by Gasteiger charge is 2.26. The van der Waals surface area contributed by atoms with E-state index in [-0.39, 0.29) is 11.7 Å². The number of aromatic nitrogens is 4. The summed E-state index contributed by atoms with van der Waals surface area (Å²) in [6.45, 7) is 1.68. The van der Waals surface area contributed by atoms with Gasteiger partial charge in [-0.3, -0.25) is 14.2 Å². The molecule has 1 N–H and O–H groups in total. The summed E-state index contributed by atoms with van der Waals surface area (Å²) >= 11 is 0. The number of aliphatic hydroxyl groups excluding tert-OH is 1. The van der Waals surface area contributed by atoms with E-state index < -0.39 is 6.10 Å². The molecule has 4 rings (SSSR count). The summed E-state index contributed by atoms with van der Waals surface area (Å²) in [5, 5.41) is 19.2. The standard InChI is InChI=1S/C18H21N5O4/c1-21-14(6-7-19-21)17(24)13-10-12-11-22(8-3-9-23(12)20-13)18(25)15-4-5-16(26-2)27-15/h4-7,10,17,24H,3,8-9,11H2,1-2H3. The van der Waals surface area contributed by atoms with Crippen LogP contribution in [-0.2, 0) is 20.1 Å². The molecule has 0 saturated heterocycles. The first kappa shape index (κ1) is 17.3. The van der Waals surface area contributed by atoms with Gasteiger partial charge >= 0.3 is 0 Å². The highest BCUT2D eigenvalue weighted by Crippen LogP contribution is 2.24. The third-order valence-corrected chi connectivity index (χ3v) is 4.73. The van der Waals surface area contributed by atoms with Gasteiger partial charge in [0.25, 0.3) is 11.9 Å². The second-order valence-electron chi connectivity index (χ2n) is 6.47. The van der Waals surface area contributed by atoms with E-state index in [1.807, 2.05) is 10.7 Å². The fourth-order valence-corrected chi connectivity index (χ4v) is 3.30. The van der Waals surface area contributed by atoms with Crippen molar-refractivity contribution < 1.29 is 19.1 Å². The number of ether oxygens (including phenoxy) is 1. The molecule has 0 saturated carbocycles. The van der Waals surface area contributed by atoms with Crippen molar-refractivity contribution in [2.24, 2.45) is 7.05 Å². The minimum atomic E-state index is -0.865.